The predicted octanol–water partition coefficient (Wildman–Crippen LogP) is 3.62. The molecule has 2 unspecified atom stereocenters. The van der Waals surface area contributed by atoms with Crippen LogP contribution >= 0.6 is 0 Å². The van der Waals surface area contributed by atoms with E-state index in [1.165, 1.54) is 12.8 Å². The lowest BCUT2D eigenvalue weighted by molar-refractivity contribution is -0.117. The Labute approximate surface area is 155 Å². The van der Waals surface area contributed by atoms with E-state index in [4.69, 9.17) is 4.74 Å². The molecular weight excluding hydrogens is 326 g/mol. The van der Waals surface area contributed by atoms with Crippen molar-refractivity contribution < 1.29 is 9.53 Å². The second kappa shape index (κ2) is 9.34. The standard InChI is InChI=1S/C21H27N3O2/c1-16(18-6-4-10-23-14-18)11-21(25)24-19-7-2-8-20(12-19)26-15-17-5-3-9-22-13-17/h2-3,5,7-9,12-13,16,18,23H,4,6,10-11,14-15H2,1H3,(H,24,25). The van der Waals surface area contributed by atoms with E-state index in [1.807, 2.05) is 36.4 Å². The molecule has 0 spiro atoms. The molecule has 1 amide bonds. The molecule has 5 nitrogen and oxygen atoms in total. The van der Waals surface area contributed by atoms with Crippen LogP contribution in [0.25, 0.3) is 0 Å². The molecule has 0 bridgehead atoms. The first-order valence-electron chi connectivity index (χ1n) is 9.33. The first kappa shape index (κ1) is 18.4. The van der Waals surface area contributed by atoms with Gasteiger partial charge in [0.1, 0.15) is 12.4 Å². The number of ether oxygens (including phenoxy) is 1. The number of piperidine rings is 1. The van der Waals surface area contributed by atoms with Crippen molar-refractivity contribution in [1.29, 1.82) is 0 Å². The van der Waals surface area contributed by atoms with Gasteiger partial charge in [-0.05, 0) is 56.0 Å². The Kier molecular flexibility index (Phi) is 6.61. The van der Waals surface area contributed by atoms with Gasteiger partial charge >= 0.3 is 0 Å². The lowest BCUT2D eigenvalue weighted by Gasteiger charge is -2.28. The third-order valence-corrected chi connectivity index (χ3v) is 4.89. The monoisotopic (exact) mass is 353 g/mol. The summed E-state index contributed by atoms with van der Waals surface area (Å²) in [4.78, 5) is 16.5. The first-order valence-corrected chi connectivity index (χ1v) is 9.33. The van der Waals surface area contributed by atoms with Crippen LogP contribution in [0, 0.1) is 11.8 Å². The number of rotatable bonds is 7. The second-order valence-electron chi connectivity index (χ2n) is 7.01. The average Bonchev–Trinajstić information content (AvgIpc) is 2.68. The molecule has 1 aliphatic heterocycles. The van der Waals surface area contributed by atoms with Crippen LogP contribution in [-0.2, 0) is 11.4 Å². The molecule has 2 aromatic rings. The van der Waals surface area contributed by atoms with Crippen LogP contribution in [0.4, 0.5) is 5.69 Å². The molecule has 1 aliphatic rings. The van der Waals surface area contributed by atoms with Crippen LogP contribution < -0.4 is 15.4 Å². The molecule has 2 atom stereocenters. The van der Waals surface area contributed by atoms with Crippen LogP contribution in [0.15, 0.2) is 48.8 Å². The van der Waals surface area contributed by atoms with E-state index in [-0.39, 0.29) is 5.91 Å². The summed E-state index contributed by atoms with van der Waals surface area (Å²) in [7, 11) is 0. The zero-order valence-electron chi connectivity index (χ0n) is 15.3. The number of anilines is 1. The highest BCUT2D eigenvalue weighted by Crippen LogP contribution is 2.24. The summed E-state index contributed by atoms with van der Waals surface area (Å²) in [6.07, 6.45) is 6.48. The first-order chi connectivity index (χ1) is 12.7. The number of carbonyl (C=O) groups is 1. The Hall–Kier alpha value is -2.40. The van der Waals surface area contributed by atoms with E-state index in [9.17, 15) is 4.79 Å². The van der Waals surface area contributed by atoms with Gasteiger partial charge in [-0.1, -0.05) is 19.1 Å². The number of nitrogens with one attached hydrogen (secondary N) is 2. The quantitative estimate of drug-likeness (QED) is 0.798. The minimum absolute atomic E-state index is 0.0625. The van der Waals surface area contributed by atoms with Gasteiger partial charge in [-0.15, -0.1) is 0 Å². The summed E-state index contributed by atoms with van der Waals surface area (Å²) < 4.78 is 5.79. The fourth-order valence-electron chi connectivity index (χ4n) is 3.35. The number of hydrogen-bond donors (Lipinski definition) is 2. The molecule has 1 aromatic carbocycles. The molecule has 2 N–H and O–H groups in total. The Bertz CT molecular complexity index is 699. The van der Waals surface area contributed by atoms with Gasteiger partial charge in [-0.3, -0.25) is 9.78 Å². The number of carbonyl (C=O) groups excluding carboxylic acids is 1. The normalized spacial score (nSPS) is 18.1. The van der Waals surface area contributed by atoms with E-state index in [1.54, 1.807) is 12.4 Å². The maximum atomic E-state index is 12.4. The van der Waals surface area contributed by atoms with E-state index < -0.39 is 0 Å². The summed E-state index contributed by atoms with van der Waals surface area (Å²) in [6, 6.07) is 11.4. The van der Waals surface area contributed by atoms with Gasteiger partial charge in [-0.25, -0.2) is 0 Å². The Morgan fingerprint density at radius 3 is 3.08 bits per heavy atom. The maximum Gasteiger partial charge on any atom is 0.224 e. The molecule has 138 valence electrons. The van der Waals surface area contributed by atoms with E-state index in [2.05, 4.69) is 22.5 Å². The molecule has 0 saturated carbocycles. The molecule has 1 aromatic heterocycles. The number of hydrogen-bond acceptors (Lipinski definition) is 4. The molecule has 1 fully saturated rings. The summed E-state index contributed by atoms with van der Waals surface area (Å²) >= 11 is 0. The fraction of sp³-hybridized carbons (Fsp3) is 0.429. The largest absolute Gasteiger partial charge is 0.489 e. The summed E-state index contributed by atoms with van der Waals surface area (Å²) in [6.45, 7) is 4.75. The molecule has 26 heavy (non-hydrogen) atoms. The SMILES string of the molecule is CC(CC(=O)Nc1cccc(OCc2cccnc2)c1)C1CCCNC1. The van der Waals surface area contributed by atoms with Crippen molar-refractivity contribution in [2.75, 3.05) is 18.4 Å². The highest BCUT2D eigenvalue weighted by atomic mass is 16.5. The van der Waals surface area contributed by atoms with Crippen LogP contribution in [0.2, 0.25) is 0 Å². The number of nitrogens with zero attached hydrogens (tertiary/aromatic N) is 1. The van der Waals surface area contributed by atoms with E-state index in [0.717, 1.165) is 30.1 Å². The zero-order valence-corrected chi connectivity index (χ0v) is 15.3. The van der Waals surface area contributed by atoms with E-state index >= 15 is 0 Å². The number of amides is 1. The van der Waals surface area contributed by atoms with Crippen molar-refractivity contribution in [2.24, 2.45) is 11.8 Å². The minimum Gasteiger partial charge on any atom is -0.489 e. The molecule has 1 saturated heterocycles. The van der Waals surface area contributed by atoms with Crippen molar-refractivity contribution in [2.45, 2.75) is 32.8 Å². The van der Waals surface area contributed by atoms with Crippen molar-refractivity contribution in [3.63, 3.8) is 0 Å². The summed E-state index contributed by atoms with van der Waals surface area (Å²) in [5, 5.41) is 6.42. The predicted molar refractivity (Wildman–Crippen MR) is 103 cm³/mol. The Balaban J connectivity index is 1.50. The molecule has 0 aliphatic carbocycles. The van der Waals surface area contributed by atoms with Gasteiger partial charge in [0.15, 0.2) is 0 Å². The number of pyridine rings is 1. The van der Waals surface area contributed by atoms with E-state index in [0.29, 0.717) is 24.9 Å². The van der Waals surface area contributed by atoms with Crippen LogP contribution in [0.3, 0.4) is 0 Å². The summed E-state index contributed by atoms with van der Waals surface area (Å²) in [5.74, 6) is 1.76. The fourth-order valence-corrected chi connectivity index (χ4v) is 3.35. The average molecular weight is 353 g/mol. The van der Waals surface area contributed by atoms with Gasteiger partial charge < -0.3 is 15.4 Å². The zero-order chi connectivity index (χ0) is 18.2. The third-order valence-electron chi connectivity index (χ3n) is 4.89. The van der Waals surface area contributed by atoms with Crippen LogP contribution in [-0.4, -0.2) is 24.0 Å². The smallest absolute Gasteiger partial charge is 0.224 e. The van der Waals surface area contributed by atoms with Gasteiger partial charge in [0.2, 0.25) is 5.91 Å². The maximum absolute atomic E-state index is 12.4. The van der Waals surface area contributed by atoms with Crippen molar-refractivity contribution in [1.82, 2.24) is 10.3 Å². The Morgan fingerprint density at radius 1 is 1.38 bits per heavy atom. The lowest BCUT2D eigenvalue weighted by Crippen LogP contribution is -2.34. The minimum atomic E-state index is 0.0625. The molecule has 3 rings (SSSR count). The molecule has 0 radical (unpaired) electrons. The van der Waals surface area contributed by atoms with Gasteiger partial charge in [0.25, 0.3) is 0 Å². The van der Waals surface area contributed by atoms with Gasteiger partial charge in [-0.2, -0.15) is 0 Å². The van der Waals surface area contributed by atoms with Gasteiger partial charge in [0.05, 0.1) is 0 Å². The molecule has 2 heterocycles. The van der Waals surface area contributed by atoms with Crippen LogP contribution in [0.1, 0.15) is 31.7 Å². The number of aromatic nitrogens is 1. The molecule has 5 heteroatoms. The van der Waals surface area contributed by atoms with Crippen LogP contribution in [0.5, 0.6) is 5.75 Å². The number of benzene rings is 1. The summed E-state index contributed by atoms with van der Waals surface area (Å²) in [5.41, 5.74) is 1.78. The third kappa shape index (κ3) is 5.56. The topological polar surface area (TPSA) is 63.2 Å². The lowest BCUT2D eigenvalue weighted by atomic mass is 9.85. The van der Waals surface area contributed by atoms with Crippen molar-refractivity contribution in [3.8, 4) is 5.75 Å². The Morgan fingerprint density at radius 2 is 2.31 bits per heavy atom. The van der Waals surface area contributed by atoms with Crippen molar-refractivity contribution in [3.05, 3.63) is 54.4 Å². The molecular formula is C21H27N3O2. The van der Waals surface area contributed by atoms with Gasteiger partial charge in [0, 0.05) is 36.1 Å². The van der Waals surface area contributed by atoms with Crippen molar-refractivity contribution >= 4 is 11.6 Å². The highest BCUT2D eigenvalue weighted by molar-refractivity contribution is 5.91. The highest BCUT2D eigenvalue weighted by Gasteiger charge is 2.22. The second-order valence-corrected chi connectivity index (χ2v) is 7.01.